The summed E-state index contributed by atoms with van der Waals surface area (Å²) < 4.78 is 29.1. The predicted molar refractivity (Wildman–Crippen MR) is 122 cm³/mol. The molecule has 1 aliphatic heterocycles. The summed E-state index contributed by atoms with van der Waals surface area (Å²) in [6, 6.07) is 13.1. The first-order chi connectivity index (χ1) is 15.4. The van der Waals surface area contributed by atoms with Crippen molar-refractivity contribution < 1.29 is 13.2 Å². The largest absolute Gasteiger partial charge is 0.352 e. The van der Waals surface area contributed by atoms with E-state index in [4.69, 9.17) is 0 Å². The number of fused-ring (bicyclic) bond motifs is 1. The number of aryl methyl sites for hydroxylation is 2. The molecule has 0 bridgehead atoms. The van der Waals surface area contributed by atoms with Crippen molar-refractivity contribution in [2.75, 3.05) is 13.1 Å². The van der Waals surface area contributed by atoms with E-state index < -0.39 is 10.0 Å². The molecule has 1 amide bonds. The molecule has 8 nitrogen and oxygen atoms in total. The summed E-state index contributed by atoms with van der Waals surface area (Å²) in [6.45, 7) is 4.22. The highest BCUT2D eigenvalue weighted by Crippen LogP contribution is 2.23. The van der Waals surface area contributed by atoms with E-state index >= 15 is 0 Å². The molecule has 0 radical (unpaired) electrons. The molecule has 0 spiro atoms. The van der Waals surface area contributed by atoms with Gasteiger partial charge in [-0.05, 0) is 49.9 Å². The second-order valence-corrected chi connectivity index (χ2v) is 10.2. The standard InChI is InChI=1S/C23H29N5O3S/c1-18-7-9-19(10-8-18)17-24-23(29)6-5-15-28-22-12-11-20(16-21(22)25-26-28)32(30,31)27-13-3-2-4-14-27/h7-12,16H,2-6,13-15,17H2,1H3,(H,24,29). The van der Waals surface area contributed by atoms with Crippen molar-refractivity contribution in [1.29, 1.82) is 0 Å². The molecule has 0 atom stereocenters. The van der Waals surface area contributed by atoms with E-state index in [0.29, 0.717) is 44.5 Å². The molecule has 0 saturated carbocycles. The van der Waals surface area contributed by atoms with E-state index in [1.54, 1.807) is 27.2 Å². The number of aromatic nitrogens is 3. The van der Waals surface area contributed by atoms with Gasteiger partial charge < -0.3 is 5.32 Å². The molecule has 1 aromatic heterocycles. The van der Waals surface area contributed by atoms with Crippen molar-refractivity contribution >= 4 is 27.0 Å². The zero-order valence-electron chi connectivity index (χ0n) is 18.3. The molecule has 2 heterocycles. The van der Waals surface area contributed by atoms with Gasteiger partial charge in [0.05, 0.1) is 10.4 Å². The van der Waals surface area contributed by atoms with Crippen molar-refractivity contribution in [3.63, 3.8) is 0 Å². The molecule has 4 rings (SSSR count). The summed E-state index contributed by atoms with van der Waals surface area (Å²) in [5.41, 5.74) is 3.58. The molecular formula is C23H29N5O3S. The predicted octanol–water partition coefficient (Wildman–Crippen LogP) is 3.01. The second kappa shape index (κ2) is 9.79. The topological polar surface area (TPSA) is 97.2 Å². The lowest BCUT2D eigenvalue weighted by Crippen LogP contribution is -2.35. The van der Waals surface area contributed by atoms with Gasteiger partial charge >= 0.3 is 0 Å². The highest BCUT2D eigenvalue weighted by atomic mass is 32.2. The molecule has 1 N–H and O–H groups in total. The first kappa shape index (κ1) is 22.4. The van der Waals surface area contributed by atoms with Crippen molar-refractivity contribution in [1.82, 2.24) is 24.6 Å². The number of sulfonamides is 1. The van der Waals surface area contributed by atoms with Gasteiger partial charge in [-0.25, -0.2) is 13.1 Å². The van der Waals surface area contributed by atoms with E-state index in [-0.39, 0.29) is 10.8 Å². The molecule has 32 heavy (non-hydrogen) atoms. The van der Waals surface area contributed by atoms with Crippen molar-refractivity contribution in [3.8, 4) is 0 Å². The maximum Gasteiger partial charge on any atom is 0.243 e. The molecule has 170 valence electrons. The van der Waals surface area contributed by atoms with E-state index in [9.17, 15) is 13.2 Å². The lowest BCUT2D eigenvalue weighted by atomic mass is 10.1. The van der Waals surface area contributed by atoms with Gasteiger partial charge in [0.25, 0.3) is 0 Å². The molecule has 1 aliphatic rings. The Labute approximate surface area is 188 Å². The zero-order valence-corrected chi connectivity index (χ0v) is 19.1. The Kier molecular flexibility index (Phi) is 6.86. The normalized spacial score (nSPS) is 15.2. The van der Waals surface area contributed by atoms with Gasteiger partial charge in [-0.1, -0.05) is 41.5 Å². The molecule has 2 aromatic carbocycles. The van der Waals surface area contributed by atoms with Gasteiger partial charge in [-0.3, -0.25) is 4.79 Å². The van der Waals surface area contributed by atoms with Crippen LogP contribution in [0.5, 0.6) is 0 Å². The minimum Gasteiger partial charge on any atom is -0.352 e. The van der Waals surface area contributed by atoms with Gasteiger partial charge in [-0.15, -0.1) is 5.10 Å². The Balaban J connectivity index is 1.33. The summed E-state index contributed by atoms with van der Waals surface area (Å²) in [5.74, 6) is -0.00935. The zero-order chi connectivity index (χ0) is 22.6. The van der Waals surface area contributed by atoms with Crippen LogP contribution in [0.3, 0.4) is 0 Å². The fourth-order valence-electron chi connectivity index (χ4n) is 3.92. The van der Waals surface area contributed by atoms with Crippen LogP contribution in [0.25, 0.3) is 11.0 Å². The van der Waals surface area contributed by atoms with Gasteiger partial charge in [0, 0.05) is 32.6 Å². The van der Waals surface area contributed by atoms with E-state index in [1.165, 1.54) is 5.56 Å². The number of rotatable bonds is 8. The van der Waals surface area contributed by atoms with Gasteiger partial charge in [0.2, 0.25) is 15.9 Å². The van der Waals surface area contributed by atoms with Crippen LogP contribution in [-0.4, -0.2) is 46.7 Å². The Morgan fingerprint density at radius 2 is 1.81 bits per heavy atom. The van der Waals surface area contributed by atoms with Crippen molar-refractivity contribution in [2.24, 2.45) is 0 Å². The first-order valence-corrected chi connectivity index (χ1v) is 12.5. The number of hydrogen-bond donors (Lipinski definition) is 1. The second-order valence-electron chi connectivity index (χ2n) is 8.29. The average molecular weight is 456 g/mol. The van der Waals surface area contributed by atoms with Crippen molar-refractivity contribution in [2.45, 2.75) is 57.0 Å². The number of hydrogen-bond acceptors (Lipinski definition) is 5. The lowest BCUT2D eigenvalue weighted by molar-refractivity contribution is -0.121. The van der Waals surface area contributed by atoms with Gasteiger partial charge in [-0.2, -0.15) is 4.31 Å². The maximum atomic E-state index is 12.9. The molecule has 0 aliphatic carbocycles. The number of carbonyl (C=O) groups excluding carboxylic acids is 1. The highest BCUT2D eigenvalue weighted by molar-refractivity contribution is 7.89. The Hall–Kier alpha value is -2.78. The quantitative estimate of drug-likeness (QED) is 0.563. The lowest BCUT2D eigenvalue weighted by Gasteiger charge is -2.25. The fourth-order valence-corrected chi connectivity index (χ4v) is 5.45. The maximum absolute atomic E-state index is 12.9. The molecule has 3 aromatic rings. The minimum atomic E-state index is -3.50. The van der Waals surface area contributed by atoms with Crippen molar-refractivity contribution in [3.05, 3.63) is 53.6 Å². The van der Waals surface area contributed by atoms with Crippen LogP contribution in [0, 0.1) is 6.92 Å². The molecule has 9 heteroatoms. The number of benzene rings is 2. The highest BCUT2D eigenvalue weighted by Gasteiger charge is 2.26. The SMILES string of the molecule is Cc1ccc(CNC(=O)CCCn2nnc3cc(S(=O)(=O)N4CCCCC4)ccc32)cc1. The van der Waals surface area contributed by atoms with E-state index in [0.717, 1.165) is 30.3 Å². The molecular weight excluding hydrogens is 426 g/mol. The van der Waals surface area contributed by atoms with Crippen LogP contribution in [0.1, 0.15) is 43.2 Å². The molecule has 1 fully saturated rings. The number of nitrogens with one attached hydrogen (secondary N) is 1. The van der Waals surface area contributed by atoms with Gasteiger partial charge in [0.1, 0.15) is 5.52 Å². The monoisotopic (exact) mass is 455 g/mol. The summed E-state index contributed by atoms with van der Waals surface area (Å²) in [7, 11) is -3.50. The Morgan fingerprint density at radius 1 is 1.06 bits per heavy atom. The average Bonchev–Trinajstić information content (AvgIpc) is 3.21. The van der Waals surface area contributed by atoms with Crippen LogP contribution in [0.15, 0.2) is 47.4 Å². The third-order valence-corrected chi connectivity index (χ3v) is 7.72. The van der Waals surface area contributed by atoms with Crippen LogP contribution in [0.4, 0.5) is 0 Å². The molecule has 1 saturated heterocycles. The Bertz CT molecular complexity index is 1180. The smallest absolute Gasteiger partial charge is 0.243 e. The van der Waals surface area contributed by atoms with E-state index in [1.807, 2.05) is 31.2 Å². The number of amides is 1. The number of piperidine rings is 1. The third-order valence-electron chi connectivity index (χ3n) is 5.82. The summed E-state index contributed by atoms with van der Waals surface area (Å²) >= 11 is 0. The summed E-state index contributed by atoms with van der Waals surface area (Å²) in [5, 5.41) is 11.2. The summed E-state index contributed by atoms with van der Waals surface area (Å²) in [6.07, 6.45) is 3.87. The number of nitrogens with zero attached hydrogens (tertiary/aromatic N) is 4. The van der Waals surface area contributed by atoms with Crippen LogP contribution >= 0.6 is 0 Å². The number of carbonyl (C=O) groups is 1. The molecule has 0 unspecified atom stereocenters. The van der Waals surface area contributed by atoms with Crippen LogP contribution < -0.4 is 5.32 Å². The third kappa shape index (κ3) is 5.16. The van der Waals surface area contributed by atoms with Crippen LogP contribution in [0.2, 0.25) is 0 Å². The fraction of sp³-hybridized carbons (Fsp3) is 0.435. The van der Waals surface area contributed by atoms with Gasteiger partial charge in [0.15, 0.2) is 0 Å². The van der Waals surface area contributed by atoms with E-state index in [2.05, 4.69) is 15.6 Å². The minimum absolute atomic E-state index is 0.00935. The van der Waals surface area contributed by atoms with Crippen LogP contribution in [-0.2, 0) is 27.9 Å². The summed E-state index contributed by atoms with van der Waals surface area (Å²) in [4.78, 5) is 12.4. The Morgan fingerprint density at radius 3 is 2.56 bits per heavy atom. The first-order valence-electron chi connectivity index (χ1n) is 11.1.